The van der Waals surface area contributed by atoms with Gasteiger partial charge in [-0.05, 0) is 56.6 Å². The first-order valence-electron chi connectivity index (χ1n) is 11.6. The van der Waals surface area contributed by atoms with Crippen LogP contribution in [-0.2, 0) is 19.4 Å². The number of carbonyl (C=O) groups is 1. The summed E-state index contributed by atoms with van der Waals surface area (Å²) < 4.78 is 2.08. The molecule has 1 fully saturated rings. The Labute approximate surface area is 179 Å². The van der Waals surface area contributed by atoms with Crippen LogP contribution in [0.3, 0.4) is 0 Å². The van der Waals surface area contributed by atoms with Crippen LogP contribution in [0.1, 0.15) is 59.9 Å². The van der Waals surface area contributed by atoms with E-state index >= 15 is 0 Å². The summed E-state index contributed by atoms with van der Waals surface area (Å²) in [5.74, 6) is 0.154. The zero-order valence-electron chi connectivity index (χ0n) is 18.0. The molecule has 0 spiro atoms. The second-order valence-electron chi connectivity index (χ2n) is 8.83. The van der Waals surface area contributed by atoms with Gasteiger partial charge in [-0.1, -0.05) is 36.4 Å². The molecule has 1 amide bonds. The first-order valence-corrected chi connectivity index (χ1v) is 11.6. The molecule has 158 valence electrons. The number of fused-ring (bicyclic) bond motifs is 1. The molecular weight excluding hydrogens is 372 g/mol. The normalized spacial score (nSPS) is 22.1. The molecule has 30 heavy (non-hydrogen) atoms. The predicted molar refractivity (Wildman–Crippen MR) is 119 cm³/mol. The Morgan fingerprint density at radius 1 is 1.10 bits per heavy atom. The molecule has 1 aromatic carbocycles. The van der Waals surface area contributed by atoms with Crippen molar-refractivity contribution in [2.75, 3.05) is 26.2 Å². The molecule has 0 bridgehead atoms. The van der Waals surface area contributed by atoms with Gasteiger partial charge >= 0.3 is 0 Å². The molecule has 3 heterocycles. The van der Waals surface area contributed by atoms with Crippen LogP contribution in [0.15, 0.2) is 36.4 Å². The average molecular weight is 405 g/mol. The summed E-state index contributed by atoms with van der Waals surface area (Å²) in [5, 5.41) is 4.78. The highest BCUT2D eigenvalue weighted by molar-refractivity contribution is 5.94. The van der Waals surface area contributed by atoms with Crippen molar-refractivity contribution in [1.29, 1.82) is 0 Å². The van der Waals surface area contributed by atoms with E-state index in [0.29, 0.717) is 6.04 Å². The number of rotatable bonds is 4. The van der Waals surface area contributed by atoms with Gasteiger partial charge in [-0.25, -0.2) is 0 Å². The molecule has 1 unspecified atom stereocenters. The Morgan fingerprint density at radius 3 is 2.60 bits per heavy atom. The number of benzene rings is 1. The molecule has 5 nitrogen and oxygen atoms in total. The third-order valence-electron chi connectivity index (χ3n) is 7.12. The summed E-state index contributed by atoms with van der Waals surface area (Å²) in [6.07, 6.45) is 8.88. The second-order valence-corrected chi connectivity index (χ2v) is 8.83. The van der Waals surface area contributed by atoms with Crippen molar-refractivity contribution in [1.82, 2.24) is 19.6 Å². The molecule has 1 aromatic heterocycles. The second kappa shape index (κ2) is 8.38. The Balaban J connectivity index is 1.34. The smallest absolute Gasteiger partial charge is 0.274 e. The molecule has 0 N–H and O–H groups in total. The Kier molecular flexibility index (Phi) is 5.47. The highest BCUT2D eigenvalue weighted by Crippen LogP contribution is 2.31. The fraction of sp³-hybridized carbons (Fsp3) is 0.520. The number of aromatic nitrogens is 2. The van der Waals surface area contributed by atoms with Crippen LogP contribution in [0.5, 0.6) is 0 Å². The van der Waals surface area contributed by atoms with E-state index in [1.165, 1.54) is 22.4 Å². The van der Waals surface area contributed by atoms with Gasteiger partial charge in [0.05, 0.1) is 0 Å². The van der Waals surface area contributed by atoms with Crippen LogP contribution >= 0.6 is 0 Å². The van der Waals surface area contributed by atoms with E-state index in [-0.39, 0.29) is 5.91 Å². The minimum absolute atomic E-state index is 0.154. The number of nitrogens with zero attached hydrogens (tertiary/aromatic N) is 4. The molecule has 5 rings (SSSR count). The standard InChI is InChI=1S/C25H32N4O/c1-2-29-23-11-10-21(18-22(23)24(26-29)25(30)28-14-6-7-15-28)27-16-12-20(13-17-27)19-8-4-3-5-9-19/h3-5,8-9,12,21H,2,6-7,10-11,13-18H2,1H3. The van der Waals surface area contributed by atoms with Crippen LogP contribution in [-0.4, -0.2) is 57.7 Å². The van der Waals surface area contributed by atoms with Crippen molar-refractivity contribution in [2.24, 2.45) is 0 Å². The summed E-state index contributed by atoms with van der Waals surface area (Å²) >= 11 is 0. The first kappa shape index (κ1) is 19.6. The van der Waals surface area contributed by atoms with Gasteiger partial charge in [-0.2, -0.15) is 5.10 Å². The van der Waals surface area contributed by atoms with Crippen molar-refractivity contribution >= 4 is 11.5 Å². The van der Waals surface area contributed by atoms with E-state index in [0.717, 1.165) is 76.9 Å². The minimum Gasteiger partial charge on any atom is -0.337 e. The minimum atomic E-state index is 0.154. The van der Waals surface area contributed by atoms with Gasteiger partial charge in [-0.15, -0.1) is 0 Å². The molecule has 2 aliphatic heterocycles. The lowest BCUT2D eigenvalue weighted by Crippen LogP contribution is -2.42. The zero-order chi connectivity index (χ0) is 20.5. The molecule has 5 heteroatoms. The molecule has 1 saturated heterocycles. The van der Waals surface area contributed by atoms with Crippen LogP contribution in [0.25, 0.3) is 5.57 Å². The summed E-state index contributed by atoms with van der Waals surface area (Å²) in [5.41, 5.74) is 6.07. The molecule has 0 saturated carbocycles. The van der Waals surface area contributed by atoms with Crippen LogP contribution in [0.4, 0.5) is 0 Å². The van der Waals surface area contributed by atoms with E-state index in [1.54, 1.807) is 0 Å². The van der Waals surface area contributed by atoms with Gasteiger partial charge in [0.15, 0.2) is 5.69 Å². The lowest BCUT2D eigenvalue weighted by atomic mass is 9.88. The fourth-order valence-electron chi connectivity index (χ4n) is 5.42. The van der Waals surface area contributed by atoms with Crippen LogP contribution in [0, 0.1) is 0 Å². The van der Waals surface area contributed by atoms with Gasteiger partial charge in [0.2, 0.25) is 0 Å². The van der Waals surface area contributed by atoms with Crippen molar-refractivity contribution < 1.29 is 4.79 Å². The predicted octanol–water partition coefficient (Wildman–Crippen LogP) is 3.79. The molecule has 1 atom stereocenters. The third-order valence-corrected chi connectivity index (χ3v) is 7.12. The maximum Gasteiger partial charge on any atom is 0.274 e. The molecular formula is C25H32N4O. The van der Waals surface area contributed by atoms with Gasteiger partial charge in [0.1, 0.15) is 0 Å². The number of hydrogen-bond donors (Lipinski definition) is 0. The SMILES string of the molecule is CCn1nc(C(=O)N2CCCC2)c2c1CCC(N1CC=C(c3ccccc3)CC1)C2. The zero-order valence-corrected chi connectivity index (χ0v) is 18.0. The Bertz CT molecular complexity index is 940. The number of likely N-dealkylation sites (tertiary alicyclic amines) is 1. The van der Waals surface area contributed by atoms with E-state index in [1.807, 2.05) is 4.90 Å². The van der Waals surface area contributed by atoms with Crippen molar-refractivity contribution in [3.05, 3.63) is 58.9 Å². The highest BCUT2D eigenvalue weighted by Gasteiger charge is 2.33. The highest BCUT2D eigenvalue weighted by atomic mass is 16.2. The molecule has 3 aliphatic rings. The molecule has 2 aromatic rings. The van der Waals surface area contributed by atoms with Gasteiger partial charge in [0.25, 0.3) is 5.91 Å². The van der Waals surface area contributed by atoms with Crippen molar-refractivity contribution in [3.63, 3.8) is 0 Å². The largest absolute Gasteiger partial charge is 0.337 e. The quantitative estimate of drug-likeness (QED) is 0.779. The van der Waals surface area contributed by atoms with Gasteiger partial charge in [0, 0.05) is 50.0 Å². The average Bonchev–Trinajstić information content (AvgIpc) is 3.47. The topological polar surface area (TPSA) is 41.4 Å². The van der Waals surface area contributed by atoms with Gasteiger partial charge in [-0.3, -0.25) is 14.4 Å². The third kappa shape index (κ3) is 3.60. The van der Waals surface area contributed by atoms with Crippen molar-refractivity contribution in [3.8, 4) is 0 Å². The maximum absolute atomic E-state index is 13.2. The summed E-state index contributed by atoms with van der Waals surface area (Å²) in [7, 11) is 0. The van der Waals surface area contributed by atoms with Gasteiger partial charge < -0.3 is 4.90 Å². The monoisotopic (exact) mass is 404 g/mol. The fourth-order valence-corrected chi connectivity index (χ4v) is 5.42. The summed E-state index contributed by atoms with van der Waals surface area (Å²) in [6, 6.07) is 11.3. The number of aryl methyl sites for hydroxylation is 1. The Hall–Kier alpha value is -2.40. The number of amides is 1. The number of carbonyl (C=O) groups excluding carboxylic acids is 1. The van der Waals surface area contributed by atoms with E-state index in [9.17, 15) is 4.79 Å². The lowest BCUT2D eigenvalue weighted by molar-refractivity contribution is 0.0784. The summed E-state index contributed by atoms with van der Waals surface area (Å²) in [6.45, 7) is 6.83. The van der Waals surface area contributed by atoms with E-state index < -0.39 is 0 Å². The van der Waals surface area contributed by atoms with Crippen LogP contribution in [0.2, 0.25) is 0 Å². The van der Waals surface area contributed by atoms with Crippen molar-refractivity contribution in [2.45, 2.75) is 58.0 Å². The first-order chi connectivity index (χ1) is 14.7. The van der Waals surface area contributed by atoms with E-state index in [2.05, 4.69) is 52.9 Å². The molecule has 1 aliphatic carbocycles. The Morgan fingerprint density at radius 2 is 1.90 bits per heavy atom. The lowest BCUT2D eigenvalue weighted by Gasteiger charge is -2.36. The van der Waals surface area contributed by atoms with E-state index in [4.69, 9.17) is 5.10 Å². The maximum atomic E-state index is 13.2. The summed E-state index contributed by atoms with van der Waals surface area (Å²) in [4.78, 5) is 17.8. The molecule has 0 radical (unpaired) electrons. The van der Waals surface area contributed by atoms with Crippen LogP contribution < -0.4 is 0 Å². The number of hydrogen-bond acceptors (Lipinski definition) is 3.